The quantitative estimate of drug-likeness (QED) is 0.167. The van der Waals surface area contributed by atoms with Crippen molar-refractivity contribution in [2.24, 2.45) is 0 Å². The van der Waals surface area contributed by atoms with Crippen LogP contribution in [-0.2, 0) is 16.2 Å². The Balaban J connectivity index is 1.06. The molecule has 0 bridgehead atoms. The predicted molar refractivity (Wildman–Crippen MR) is 272 cm³/mol. The van der Waals surface area contributed by atoms with Crippen LogP contribution in [0.15, 0.2) is 237 Å². The molecule has 0 saturated heterocycles. The molecule has 0 heterocycles. The minimum absolute atomic E-state index is 0.166. The fourth-order valence-electron chi connectivity index (χ4n) is 13.1. The molecule has 0 saturated carbocycles. The van der Waals surface area contributed by atoms with Crippen LogP contribution in [0.3, 0.4) is 0 Å². The maximum Gasteiger partial charge on any atom is 0.0725 e. The van der Waals surface area contributed by atoms with Gasteiger partial charge in [-0.1, -0.05) is 220 Å². The van der Waals surface area contributed by atoms with Crippen LogP contribution in [0.1, 0.15) is 69.5 Å². The second-order valence-electron chi connectivity index (χ2n) is 19.1. The Morgan fingerprint density at radius 3 is 1.27 bits per heavy atom. The molecular weight excluding hydrogens is 795 g/mol. The van der Waals surface area contributed by atoms with Crippen LogP contribution in [0.5, 0.6) is 0 Å². The topological polar surface area (TPSA) is 3.24 Å². The number of hydrogen-bond donors (Lipinski definition) is 0. The van der Waals surface area contributed by atoms with Gasteiger partial charge < -0.3 is 4.90 Å². The normalized spacial score (nSPS) is 15.2. The van der Waals surface area contributed by atoms with E-state index in [9.17, 15) is 0 Å². The summed E-state index contributed by atoms with van der Waals surface area (Å²) in [5, 5.41) is 0. The summed E-state index contributed by atoms with van der Waals surface area (Å²) >= 11 is 0. The van der Waals surface area contributed by atoms with Crippen LogP contribution in [0, 0.1) is 0 Å². The van der Waals surface area contributed by atoms with E-state index in [1.54, 1.807) is 0 Å². The molecule has 1 spiro atoms. The minimum Gasteiger partial charge on any atom is -0.310 e. The molecule has 14 rings (SSSR count). The van der Waals surface area contributed by atoms with Crippen molar-refractivity contribution in [3.63, 3.8) is 0 Å². The largest absolute Gasteiger partial charge is 0.310 e. The van der Waals surface area contributed by atoms with Crippen molar-refractivity contribution in [3.8, 4) is 44.5 Å². The highest BCUT2D eigenvalue weighted by Gasteiger charge is 2.52. The maximum atomic E-state index is 2.57. The lowest BCUT2D eigenvalue weighted by molar-refractivity contribution is 0.660. The Kier molecular flexibility index (Phi) is 7.66. The Morgan fingerprint density at radius 2 is 0.682 bits per heavy atom. The van der Waals surface area contributed by atoms with Gasteiger partial charge in [0, 0.05) is 22.4 Å². The zero-order chi connectivity index (χ0) is 43.8. The number of hydrogen-bond acceptors (Lipinski definition) is 1. The van der Waals surface area contributed by atoms with Crippen LogP contribution in [-0.4, -0.2) is 0 Å². The van der Waals surface area contributed by atoms with Crippen molar-refractivity contribution in [1.29, 1.82) is 0 Å². The van der Waals surface area contributed by atoms with Crippen LogP contribution < -0.4 is 4.90 Å². The van der Waals surface area contributed by atoms with Gasteiger partial charge >= 0.3 is 0 Å². The highest BCUT2D eigenvalue weighted by Crippen LogP contribution is 2.64. The first-order valence-electron chi connectivity index (χ1n) is 23.3. The maximum absolute atomic E-state index is 2.57. The zero-order valence-electron chi connectivity index (χ0n) is 37.0. The van der Waals surface area contributed by atoms with E-state index in [-0.39, 0.29) is 5.41 Å². The molecule has 0 radical (unpaired) electrons. The van der Waals surface area contributed by atoms with E-state index < -0.39 is 10.8 Å². The molecular formula is C65H45N. The summed E-state index contributed by atoms with van der Waals surface area (Å²) in [6.07, 6.45) is 0. The molecule has 4 aliphatic rings. The Hall–Kier alpha value is -8.00. The average molecular weight is 840 g/mol. The van der Waals surface area contributed by atoms with Gasteiger partial charge in [-0.2, -0.15) is 0 Å². The second-order valence-corrected chi connectivity index (χ2v) is 19.1. The Bertz CT molecular complexity index is 3550. The van der Waals surface area contributed by atoms with Gasteiger partial charge in [-0.15, -0.1) is 0 Å². The summed E-state index contributed by atoms with van der Waals surface area (Å²) in [6, 6.07) is 89.4. The summed E-state index contributed by atoms with van der Waals surface area (Å²) in [6.45, 7) is 4.78. The molecule has 310 valence electrons. The molecule has 10 aromatic rings. The van der Waals surface area contributed by atoms with E-state index in [1.807, 2.05) is 0 Å². The summed E-state index contributed by atoms with van der Waals surface area (Å²) in [5.41, 5.74) is 26.0. The number of nitrogens with zero attached hydrogens (tertiary/aromatic N) is 1. The molecule has 0 atom stereocenters. The standard InChI is InChI=1S/C65H45N/c1-63(2)53-29-14-9-24-46(53)50-38-36-45(41-60(50)63)66(61-35-19-34-59-62(61)51-28-13-18-33-57(51)64(59,42-20-5-3-6-21-42)43-22-7-4-8-23-43)44-37-39-58-52(40-44)49-27-12-17-32-56(49)65(58)54-30-15-10-25-47(54)48-26-11-16-31-55(48)65/h3-41H,1-2H3. The fraction of sp³-hybridized carbons (Fsp3) is 0.0769. The second kappa shape index (κ2) is 13.5. The molecule has 0 unspecified atom stereocenters. The first-order chi connectivity index (χ1) is 32.5. The lowest BCUT2D eigenvalue weighted by atomic mass is 9.68. The van der Waals surface area contributed by atoms with Crippen LogP contribution in [0.4, 0.5) is 17.1 Å². The van der Waals surface area contributed by atoms with E-state index in [2.05, 4.69) is 255 Å². The van der Waals surface area contributed by atoms with Crippen molar-refractivity contribution in [3.05, 3.63) is 292 Å². The third kappa shape index (κ3) is 4.64. The van der Waals surface area contributed by atoms with Gasteiger partial charge in [-0.05, 0) is 125 Å². The molecule has 10 aromatic carbocycles. The van der Waals surface area contributed by atoms with Crippen molar-refractivity contribution < 1.29 is 0 Å². The van der Waals surface area contributed by atoms with E-state index in [1.165, 1.54) is 106 Å². The third-order valence-electron chi connectivity index (χ3n) is 15.8. The highest BCUT2D eigenvalue weighted by molar-refractivity contribution is 6.00. The molecule has 0 N–H and O–H groups in total. The van der Waals surface area contributed by atoms with Crippen LogP contribution in [0.25, 0.3) is 44.5 Å². The summed E-state index contributed by atoms with van der Waals surface area (Å²) < 4.78 is 0. The average Bonchev–Trinajstić information content (AvgIpc) is 4.04. The molecule has 66 heavy (non-hydrogen) atoms. The zero-order valence-corrected chi connectivity index (χ0v) is 37.0. The van der Waals surface area contributed by atoms with Crippen molar-refractivity contribution >= 4 is 17.1 Å². The summed E-state index contributed by atoms with van der Waals surface area (Å²) in [4.78, 5) is 2.57. The van der Waals surface area contributed by atoms with Crippen LogP contribution in [0.2, 0.25) is 0 Å². The van der Waals surface area contributed by atoms with E-state index in [0.717, 1.165) is 11.4 Å². The highest BCUT2D eigenvalue weighted by atomic mass is 15.1. The van der Waals surface area contributed by atoms with Crippen molar-refractivity contribution in [1.82, 2.24) is 0 Å². The molecule has 0 aromatic heterocycles. The van der Waals surface area contributed by atoms with E-state index in [0.29, 0.717) is 0 Å². The first kappa shape index (κ1) is 37.4. The minimum atomic E-state index is -0.524. The van der Waals surface area contributed by atoms with Gasteiger partial charge in [0.05, 0.1) is 16.5 Å². The molecule has 1 heteroatoms. The summed E-state index contributed by atoms with van der Waals surface area (Å²) in [5.74, 6) is 0. The lowest BCUT2D eigenvalue weighted by Crippen LogP contribution is -2.28. The molecule has 1 nitrogen and oxygen atoms in total. The molecule has 0 amide bonds. The van der Waals surface area contributed by atoms with Gasteiger partial charge in [-0.3, -0.25) is 0 Å². The SMILES string of the molecule is CC1(C)c2ccccc2-c2ccc(N(c3ccc4c(c3)-c3ccccc3C43c4ccccc4-c4ccccc43)c3cccc4c3-c3ccccc3C4(c3ccccc3)c3ccccc3)cc21. The van der Waals surface area contributed by atoms with Crippen LogP contribution >= 0.6 is 0 Å². The summed E-state index contributed by atoms with van der Waals surface area (Å²) in [7, 11) is 0. The van der Waals surface area contributed by atoms with Gasteiger partial charge in [0.25, 0.3) is 0 Å². The van der Waals surface area contributed by atoms with Gasteiger partial charge in [-0.25, -0.2) is 0 Å². The third-order valence-corrected chi connectivity index (χ3v) is 15.8. The van der Waals surface area contributed by atoms with E-state index in [4.69, 9.17) is 0 Å². The predicted octanol–water partition coefficient (Wildman–Crippen LogP) is 16.2. The van der Waals surface area contributed by atoms with Gasteiger partial charge in [0.2, 0.25) is 0 Å². The fourth-order valence-corrected chi connectivity index (χ4v) is 13.1. The monoisotopic (exact) mass is 839 g/mol. The Labute approximate surface area is 387 Å². The van der Waals surface area contributed by atoms with Gasteiger partial charge in [0.15, 0.2) is 0 Å². The smallest absolute Gasteiger partial charge is 0.0725 e. The number of rotatable bonds is 5. The number of benzene rings is 10. The van der Waals surface area contributed by atoms with E-state index >= 15 is 0 Å². The van der Waals surface area contributed by atoms with Crippen molar-refractivity contribution in [2.45, 2.75) is 30.1 Å². The number of fused-ring (bicyclic) bond motifs is 16. The first-order valence-corrected chi connectivity index (χ1v) is 23.3. The molecule has 4 aliphatic carbocycles. The molecule has 0 aliphatic heterocycles. The lowest BCUT2D eigenvalue weighted by Gasteiger charge is -2.34. The number of anilines is 3. The van der Waals surface area contributed by atoms with Gasteiger partial charge in [0.1, 0.15) is 0 Å². The Morgan fingerprint density at radius 1 is 0.273 bits per heavy atom. The molecule has 0 fully saturated rings. The van der Waals surface area contributed by atoms with Crippen molar-refractivity contribution in [2.75, 3.05) is 4.90 Å².